The Labute approximate surface area is 212 Å². The highest BCUT2D eigenvalue weighted by molar-refractivity contribution is 5.89. The van der Waals surface area contributed by atoms with Gasteiger partial charge in [-0.3, -0.25) is 4.79 Å². The van der Waals surface area contributed by atoms with Crippen LogP contribution in [0.3, 0.4) is 0 Å². The molecule has 1 saturated heterocycles. The van der Waals surface area contributed by atoms with Crippen molar-refractivity contribution in [2.45, 2.75) is 52.8 Å². The summed E-state index contributed by atoms with van der Waals surface area (Å²) in [5.74, 6) is 1.02. The number of aromatic nitrogens is 2. The Bertz CT molecular complexity index is 1090. The molecule has 2 aliphatic heterocycles. The monoisotopic (exact) mass is 496 g/mol. The van der Waals surface area contributed by atoms with Gasteiger partial charge in [0.1, 0.15) is 11.9 Å². The first-order valence-corrected chi connectivity index (χ1v) is 12.6. The number of hydrogen-bond donors (Lipinski definition) is 3. The van der Waals surface area contributed by atoms with E-state index in [1.54, 1.807) is 4.90 Å². The first kappa shape index (κ1) is 25.8. The Hall–Kier alpha value is -3.24. The maximum atomic E-state index is 12.9. The third-order valence-electron chi connectivity index (χ3n) is 6.62. The number of rotatable bonds is 6. The van der Waals surface area contributed by atoms with Crippen LogP contribution in [0.25, 0.3) is 11.4 Å². The van der Waals surface area contributed by atoms with Crippen molar-refractivity contribution in [1.82, 2.24) is 20.2 Å². The summed E-state index contributed by atoms with van der Waals surface area (Å²) in [5.41, 5.74) is 3.33. The third kappa shape index (κ3) is 5.60. The standard InChI is InChI=1S/C26H36N6O4/c1-5-27-26(35)28-19-8-6-18(7-9-19)23-29-21-14-31(25(34)22(33)16(2)3)11-10-20(21)24(30-23)32-12-13-36-15-17(32)4/h6-9,16-17,22,33H,5,10-15H2,1-4H3,(H2,27,28,35)/t17-,22-/m0/s1. The van der Waals surface area contributed by atoms with Gasteiger partial charge in [0.05, 0.1) is 31.5 Å². The van der Waals surface area contributed by atoms with Crippen LogP contribution in [0, 0.1) is 5.92 Å². The number of benzene rings is 1. The molecule has 1 aromatic heterocycles. The van der Waals surface area contributed by atoms with Gasteiger partial charge in [-0.15, -0.1) is 0 Å². The second-order valence-electron chi connectivity index (χ2n) is 9.67. The molecule has 0 saturated carbocycles. The van der Waals surface area contributed by atoms with Crippen LogP contribution < -0.4 is 15.5 Å². The molecule has 36 heavy (non-hydrogen) atoms. The first-order valence-electron chi connectivity index (χ1n) is 12.6. The van der Waals surface area contributed by atoms with Gasteiger partial charge in [0.15, 0.2) is 5.82 Å². The number of nitrogens with one attached hydrogen (secondary N) is 2. The lowest BCUT2D eigenvalue weighted by Gasteiger charge is -2.38. The number of ether oxygens (including phenoxy) is 1. The van der Waals surface area contributed by atoms with Crippen LogP contribution in [0.5, 0.6) is 0 Å². The van der Waals surface area contributed by atoms with Gasteiger partial charge in [-0.1, -0.05) is 13.8 Å². The molecule has 0 unspecified atom stereocenters. The number of hydrogen-bond acceptors (Lipinski definition) is 7. The fourth-order valence-corrected chi connectivity index (χ4v) is 4.52. The van der Waals surface area contributed by atoms with E-state index < -0.39 is 6.10 Å². The molecule has 0 radical (unpaired) electrons. The predicted octanol–water partition coefficient (Wildman–Crippen LogP) is 2.41. The highest BCUT2D eigenvalue weighted by Crippen LogP contribution is 2.32. The van der Waals surface area contributed by atoms with Crippen LogP contribution in [0.2, 0.25) is 0 Å². The van der Waals surface area contributed by atoms with Crippen molar-refractivity contribution in [3.8, 4) is 11.4 Å². The minimum absolute atomic E-state index is 0.156. The van der Waals surface area contributed by atoms with E-state index in [1.807, 2.05) is 45.0 Å². The Morgan fingerprint density at radius 1 is 1.19 bits per heavy atom. The summed E-state index contributed by atoms with van der Waals surface area (Å²) in [5, 5.41) is 15.9. The number of carbonyl (C=O) groups excluding carboxylic acids is 2. The molecule has 194 valence electrons. The number of anilines is 2. The Kier molecular flexibility index (Phi) is 8.05. The lowest BCUT2D eigenvalue weighted by Crippen LogP contribution is -2.47. The summed E-state index contributed by atoms with van der Waals surface area (Å²) in [6, 6.07) is 7.30. The lowest BCUT2D eigenvalue weighted by atomic mass is 10.0. The second kappa shape index (κ2) is 11.2. The summed E-state index contributed by atoms with van der Waals surface area (Å²) >= 11 is 0. The van der Waals surface area contributed by atoms with E-state index in [0.717, 1.165) is 29.2 Å². The molecule has 4 rings (SSSR count). The van der Waals surface area contributed by atoms with Crippen molar-refractivity contribution in [2.75, 3.05) is 43.1 Å². The van der Waals surface area contributed by atoms with Crippen LogP contribution in [0.4, 0.5) is 16.3 Å². The number of aliphatic hydroxyl groups is 1. The third-order valence-corrected chi connectivity index (χ3v) is 6.62. The lowest BCUT2D eigenvalue weighted by molar-refractivity contribution is -0.143. The first-order chi connectivity index (χ1) is 17.3. The molecule has 1 fully saturated rings. The fraction of sp³-hybridized carbons (Fsp3) is 0.538. The number of aliphatic hydroxyl groups excluding tert-OH is 1. The quantitative estimate of drug-likeness (QED) is 0.562. The average molecular weight is 497 g/mol. The van der Waals surface area contributed by atoms with E-state index in [1.165, 1.54) is 0 Å². The molecule has 3 N–H and O–H groups in total. The van der Waals surface area contributed by atoms with Gasteiger partial charge in [-0.2, -0.15) is 0 Å². The minimum atomic E-state index is -1.03. The average Bonchev–Trinajstić information content (AvgIpc) is 2.87. The molecular weight excluding hydrogens is 460 g/mol. The maximum absolute atomic E-state index is 12.9. The fourth-order valence-electron chi connectivity index (χ4n) is 4.52. The number of nitrogens with zero attached hydrogens (tertiary/aromatic N) is 4. The number of amides is 3. The van der Waals surface area contributed by atoms with Crippen LogP contribution in [0.15, 0.2) is 24.3 Å². The zero-order valence-electron chi connectivity index (χ0n) is 21.5. The van der Waals surface area contributed by atoms with Gasteiger partial charge >= 0.3 is 6.03 Å². The minimum Gasteiger partial charge on any atom is -0.383 e. The van der Waals surface area contributed by atoms with Gasteiger partial charge in [0.25, 0.3) is 5.91 Å². The van der Waals surface area contributed by atoms with E-state index in [-0.39, 0.29) is 23.9 Å². The van der Waals surface area contributed by atoms with E-state index in [2.05, 4.69) is 22.5 Å². The second-order valence-corrected chi connectivity index (χ2v) is 9.67. The molecular formula is C26H36N6O4. The molecule has 3 amide bonds. The molecule has 10 nitrogen and oxygen atoms in total. The van der Waals surface area contributed by atoms with E-state index in [4.69, 9.17) is 14.7 Å². The molecule has 2 aliphatic rings. The molecule has 2 atom stereocenters. The van der Waals surface area contributed by atoms with Crippen molar-refractivity contribution in [3.63, 3.8) is 0 Å². The maximum Gasteiger partial charge on any atom is 0.319 e. The Balaban J connectivity index is 1.68. The van der Waals surface area contributed by atoms with E-state index in [0.29, 0.717) is 50.8 Å². The predicted molar refractivity (Wildman–Crippen MR) is 138 cm³/mol. The molecule has 0 spiro atoms. The highest BCUT2D eigenvalue weighted by Gasteiger charge is 2.32. The zero-order valence-corrected chi connectivity index (χ0v) is 21.5. The highest BCUT2D eigenvalue weighted by atomic mass is 16.5. The molecule has 1 aromatic carbocycles. The summed E-state index contributed by atoms with van der Waals surface area (Å²) in [7, 11) is 0. The molecule has 2 aromatic rings. The van der Waals surface area contributed by atoms with Crippen molar-refractivity contribution >= 4 is 23.4 Å². The van der Waals surface area contributed by atoms with Crippen LogP contribution >= 0.6 is 0 Å². The molecule has 3 heterocycles. The van der Waals surface area contributed by atoms with Gasteiger partial charge in [-0.25, -0.2) is 14.8 Å². The summed E-state index contributed by atoms with van der Waals surface area (Å²) in [4.78, 5) is 38.5. The van der Waals surface area contributed by atoms with E-state index >= 15 is 0 Å². The molecule has 0 aliphatic carbocycles. The smallest absolute Gasteiger partial charge is 0.319 e. The summed E-state index contributed by atoms with van der Waals surface area (Å²) in [6.07, 6.45) is -0.405. The number of urea groups is 1. The van der Waals surface area contributed by atoms with Crippen molar-refractivity contribution in [3.05, 3.63) is 35.5 Å². The topological polar surface area (TPSA) is 120 Å². The summed E-state index contributed by atoms with van der Waals surface area (Å²) in [6.45, 7) is 11.0. The van der Waals surface area contributed by atoms with Crippen LogP contribution in [-0.4, -0.2) is 76.9 Å². The van der Waals surface area contributed by atoms with Gasteiger partial charge in [0.2, 0.25) is 0 Å². The SMILES string of the molecule is CCNC(=O)Nc1ccc(-c2nc3c(c(N4CCOC[C@@H]4C)n2)CCN(C(=O)[C@@H](O)C(C)C)C3)cc1. The van der Waals surface area contributed by atoms with Crippen molar-refractivity contribution < 1.29 is 19.4 Å². The van der Waals surface area contributed by atoms with Crippen molar-refractivity contribution in [2.24, 2.45) is 5.92 Å². The van der Waals surface area contributed by atoms with Crippen LogP contribution in [0.1, 0.15) is 39.0 Å². The van der Waals surface area contributed by atoms with Crippen molar-refractivity contribution in [1.29, 1.82) is 0 Å². The van der Waals surface area contributed by atoms with E-state index in [9.17, 15) is 14.7 Å². The van der Waals surface area contributed by atoms with Gasteiger partial charge in [-0.05, 0) is 50.5 Å². The normalized spacial score (nSPS) is 18.6. The number of morpholine rings is 1. The molecule has 10 heteroatoms. The van der Waals surface area contributed by atoms with Gasteiger partial charge < -0.3 is 30.3 Å². The largest absolute Gasteiger partial charge is 0.383 e. The number of carbonyl (C=O) groups is 2. The summed E-state index contributed by atoms with van der Waals surface area (Å²) < 4.78 is 5.65. The Morgan fingerprint density at radius 2 is 1.94 bits per heavy atom. The number of fused-ring (bicyclic) bond motifs is 1. The van der Waals surface area contributed by atoms with Crippen LogP contribution in [-0.2, 0) is 22.5 Å². The Morgan fingerprint density at radius 3 is 2.61 bits per heavy atom. The van der Waals surface area contributed by atoms with Gasteiger partial charge in [0, 0.05) is 36.4 Å². The zero-order chi connectivity index (χ0) is 25.8. The molecule has 0 bridgehead atoms.